The number of fused-ring (bicyclic) bond motifs is 1. The van der Waals surface area contributed by atoms with Crippen molar-refractivity contribution in [3.63, 3.8) is 0 Å². The Balaban J connectivity index is 1.43. The Labute approximate surface area is 166 Å². The van der Waals surface area contributed by atoms with E-state index in [9.17, 15) is 9.59 Å². The average Bonchev–Trinajstić information content (AvgIpc) is 3.37. The van der Waals surface area contributed by atoms with Crippen LogP contribution in [0, 0.1) is 0 Å². The van der Waals surface area contributed by atoms with Crippen LogP contribution in [0.3, 0.4) is 0 Å². The SMILES string of the molecule is CC(=O)NC(Cc1c[nH]c2ccccc12)C(=O)N1CCN(C2CCCC2)CC1. The fourth-order valence-electron chi connectivity index (χ4n) is 4.76. The first-order valence-corrected chi connectivity index (χ1v) is 10.5. The normalized spacial score (nSPS) is 19.8. The van der Waals surface area contributed by atoms with E-state index >= 15 is 0 Å². The van der Waals surface area contributed by atoms with Crippen LogP contribution in [0.2, 0.25) is 0 Å². The second kappa shape index (κ2) is 8.35. The highest BCUT2D eigenvalue weighted by Gasteiger charge is 2.31. The summed E-state index contributed by atoms with van der Waals surface area (Å²) in [6.45, 7) is 4.86. The van der Waals surface area contributed by atoms with Gasteiger partial charge in [-0.1, -0.05) is 31.0 Å². The molecule has 1 aromatic carbocycles. The quantitative estimate of drug-likeness (QED) is 0.834. The number of carbonyl (C=O) groups excluding carboxylic acids is 2. The minimum atomic E-state index is -0.519. The molecular formula is C22H30N4O2. The molecule has 0 spiro atoms. The zero-order valence-electron chi connectivity index (χ0n) is 16.6. The van der Waals surface area contributed by atoms with Crippen molar-refractivity contribution in [1.29, 1.82) is 0 Å². The fraction of sp³-hybridized carbons (Fsp3) is 0.545. The number of H-pyrrole nitrogens is 1. The second-order valence-corrected chi connectivity index (χ2v) is 8.12. The lowest BCUT2D eigenvalue weighted by atomic mass is 10.0. The van der Waals surface area contributed by atoms with Gasteiger partial charge in [0.2, 0.25) is 11.8 Å². The monoisotopic (exact) mass is 382 g/mol. The van der Waals surface area contributed by atoms with Gasteiger partial charge in [0.15, 0.2) is 0 Å². The molecule has 2 amide bonds. The predicted molar refractivity (Wildman–Crippen MR) is 110 cm³/mol. The number of piperazine rings is 1. The summed E-state index contributed by atoms with van der Waals surface area (Å²) in [6.07, 6.45) is 7.71. The number of benzene rings is 1. The fourth-order valence-corrected chi connectivity index (χ4v) is 4.76. The molecule has 2 N–H and O–H groups in total. The molecule has 2 aliphatic rings. The van der Waals surface area contributed by atoms with Crippen LogP contribution in [0.15, 0.2) is 30.5 Å². The van der Waals surface area contributed by atoms with Crippen molar-refractivity contribution in [1.82, 2.24) is 20.1 Å². The third-order valence-electron chi connectivity index (χ3n) is 6.24. The van der Waals surface area contributed by atoms with Gasteiger partial charge in [-0.15, -0.1) is 0 Å². The largest absolute Gasteiger partial charge is 0.361 e. The molecular weight excluding hydrogens is 352 g/mol. The second-order valence-electron chi connectivity index (χ2n) is 8.12. The van der Waals surface area contributed by atoms with Crippen LogP contribution in [-0.4, -0.2) is 64.9 Å². The first-order valence-electron chi connectivity index (χ1n) is 10.5. The zero-order valence-corrected chi connectivity index (χ0v) is 16.6. The molecule has 1 saturated carbocycles. The number of nitrogens with zero attached hydrogens (tertiary/aromatic N) is 2. The Morgan fingerprint density at radius 2 is 1.86 bits per heavy atom. The van der Waals surface area contributed by atoms with Crippen LogP contribution >= 0.6 is 0 Å². The summed E-state index contributed by atoms with van der Waals surface area (Å²) in [7, 11) is 0. The number of rotatable bonds is 5. The van der Waals surface area contributed by atoms with Crippen molar-refractivity contribution >= 4 is 22.7 Å². The van der Waals surface area contributed by atoms with Crippen molar-refractivity contribution in [3.05, 3.63) is 36.0 Å². The highest BCUT2D eigenvalue weighted by Crippen LogP contribution is 2.25. The molecule has 1 saturated heterocycles. The minimum Gasteiger partial charge on any atom is -0.361 e. The van der Waals surface area contributed by atoms with E-state index in [1.54, 1.807) is 0 Å². The Bertz CT molecular complexity index is 832. The standard InChI is InChI=1S/C22H30N4O2/c1-16(27)24-21(14-17-15-23-20-9-5-4-8-19(17)20)22(28)26-12-10-25(11-13-26)18-6-2-3-7-18/h4-5,8-9,15,18,21,23H,2-3,6-7,10-14H2,1H3,(H,24,27). The van der Waals surface area contributed by atoms with Crippen LogP contribution in [0.1, 0.15) is 38.2 Å². The highest BCUT2D eigenvalue weighted by molar-refractivity contribution is 5.89. The van der Waals surface area contributed by atoms with Crippen molar-refractivity contribution in [2.75, 3.05) is 26.2 Å². The summed E-state index contributed by atoms with van der Waals surface area (Å²) < 4.78 is 0. The molecule has 0 bridgehead atoms. The molecule has 0 radical (unpaired) electrons. The van der Waals surface area contributed by atoms with E-state index in [1.165, 1.54) is 32.6 Å². The van der Waals surface area contributed by atoms with E-state index in [2.05, 4.69) is 21.3 Å². The highest BCUT2D eigenvalue weighted by atomic mass is 16.2. The van der Waals surface area contributed by atoms with Gasteiger partial charge >= 0.3 is 0 Å². The number of aromatic nitrogens is 1. The molecule has 1 aromatic heterocycles. The third-order valence-corrected chi connectivity index (χ3v) is 6.24. The van der Waals surface area contributed by atoms with Crippen LogP contribution in [0.4, 0.5) is 0 Å². The van der Waals surface area contributed by atoms with Gasteiger partial charge in [-0.05, 0) is 24.5 Å². The van der Waals surface area contributed by atoms with Gasteiger partial charge in [-0.25, -0.2) is 0 Å². The number of para-hydroxylation sites is 1. The maximum Gasteiger partial charge on any atom is 0.245 e. The summed E-state index contributed by atoms with van der Waals surface area (Å²) >= 11 is 0. The Morgan fingerprint density at radius 1 is 1.14 bits per heavy atom. The summed E-state index contributed by atoms with van der Waals surface area (Å²) in [5, 5.41) is 4.00. The topological polar surface area (TPSA) is 68.4 Å². The van der Waals surface area contributed by atoms with Crippen LogP contribution < -0.4 is 5.32 Å². The summed E-state index contributed by atoms with van der Waals surface area (Å²) in [4.78, 5) is 32.7. The van der Waals surface area contributed by atoms with Gasteiger partial charge in [-0.2, -0.15) is 0 Å². The summed E-state index contributed by atoms with van der Waals surface area (Å²) in [6, 6.07) is 8.25. The molecule has 1 unspecified atom stereocenters. The number of aromatic amines is 1. The molecule has 1 aliphatic heterocycles. The predicted octanol–water partition coefficient (Wildman–Crippen LogP) is 2.30. The minimum absolute atomic E-state index is 0.0338. The number of nitrogens with one attached hydrogen (secondary N) is 2. The maximum absolute atomic E-state index is 13.2. The molecule has 2 aromatic rings. The molecule has 4 rings (SSSR count). The van der Waals surface area contributed by atoms with E-state index in [-0.39, 0.29) is 11.8 Å². The number of amides is 2. The summed E-state index contributed by atoms with van der Waals surface area (Å²) in [5.41, 5.74) is 2.11. The van der Waals surface area contributed by atoms with Gasteiger partial charge in [0.25, 0.3) is 0 Å². The van der Waals surface area contributed by atoms with Crippen LogP contribution in [0.25, 0.3) is 10.9 Å². The van der Waals surface area contributed by atoms with E-state index < -0.39 is 6.04 Å². The van der Waals surface area contributed by atoms with E-state index in [4.69, 9.17) is 0 Å². The van der Waals surface area contributed by atoms with E-state index in [0.29, 0.717) is 12.5 Å². The maximum atomic E-state index is 13.2. The lowest BCUT2D eigenvalue weighted by Crippen LogP contribution is -2.56. The first-order chi connectivity index (χ1) is 13.6. The van der Waals surface area contributed by atoms with Gasteiger partial charge in [0.1, 0.15) is 6.04 Å². The lowest BCUT2D eigenvalue weighted by molar-refractivity contribution is -0.137. The molecule has 6 nitrogen and oxygen atoms in total. The van der Waals surface area contributed by atoms with Crippen molar-refractivity contribution in [2.24, 2.45) is 0 Å². The van der Waals surface area contributed by atoms with Crippen molar-refractivity contribution in [3.8, 4) is 0 Å². The molecule has 1 aliphatic carbocycles. The average molecular weight is 383 g/mol. The van der Waals surface area contributed by atoms with Gasteiger partial charge < -0.3 is 15.2 Å². The molecule has 2 heterocycles. The smallest absolute Gasteiger partial charge is 0.245 e. The molecule has 6 heteroatoms. The third kappa shape index (κ3) is 4.07. The Morgan fingerprint density at radius 3 is 2.57 bits per heavy atom. The van der Waals surface area contributed by atoms with Crippen LogP contribution in [0.5, 0.6) is 0 Å². The molecule has 2 fully saturated rings. The van der Waals surface area contributed by atoms with E-state index in [0.717, 1.165) is 42.6 Å². The van der Waals surface area contributed by atoms with Gasteiger partial charge in [0, 0.05) is 62.7 Å². The molecule has 1 atom stereocenters. The van der Waals surface area contributed by atoms with Crippen molar-refractivity contribution in [2.45, 2.75) is 51.1 Å². The Kier molecular flexibility index (Phi) is 5.67. The number of hydrogen-bond acceptors (Lipinski definition) is 3. The molecule has 150 valence electrons. The lowest BCUT2D eigenvalue weighted by Gasteiger charge is -2.39. The van der Waals surface area contributed by atoms with Gasteiger partial charge in [0.05, 0.1) is 0 Å². The van der Waals surface area contributed by atoms with Crippen molar-refractivity contribution < 1.29 is 9.59 Å². The Hall–Kier alpha value is -2.34. The van der Waals surface area contributed by atoms with E-state index in [1.807, 2.05) is 29.3 Å². The first kappa shape index (κ1) is 19.0. The number of hydrogen-bond donors (Lipinski definition) is 2. The van der Waals surface area contributed by atoms with Crippen LogP contribution in [-0.2, 0) is 16.0 Å². The zero-order chi connectivity index (χ0) is 19.5. The van der Waals surface area contributed by atoms with Gasteiger partial charge in [-0.3, -0.25) is 14.5 Å². The molecule has 28 heavy (non-hydrogen) atoms. The number of carbonyl (C=O) groups is 2. The summed E-state index contributed by atoms with van der Waals surface area (Å²) in [5.74, 6) is -0.130.